The standard InChI is InChI=1S/C16H21NO2/c1-12(2)11-13(3)17-16(19)15-8-6-14(7-9-15)5-4-10-18/h6-9,12-13,18H,10-11H2,1-3H3,(H,17,19). The number of aliphatic hydroxyl groups excluding tert-OH is 1. The molecule has 1 aromatic rings. The second-order valence-electron chi connectivity index (χ2n) is 5.04. The van der Waals surface area contributed by atoms with Gasteiger partial charge in [-0.2, -0.15) is 0 Å². The molecule has 0 spiro atoms. The van der Waals surface area contributed by atoms with Crippen molar-refractivity contribution in [2.45, 2.75) is 33.2 Å². The summed E-state index contributed by atoms with van der Waals surface area (Å²) in [5.41, 5.74) is 1.42. The van der Waals surface area contributed by atoms with E-state index in [4.69, 9.17) is 5.11 Å². The van der Waals surface area contributed by atoms with Crippen LogP contribution in [0.5, 0.6) is 0 Å². The minimum Gasteiger partial charge on any atom is -0.384 e. The van der Waals surface area contributed by atoms with Crippen LogP contribution >= 0.6 is 0 Å². The Labute approximate surface area is 115 Å². The molecule has 0 saturated heterocycles. The van der Waals surface area contributed by atoms with E-state index < -0.39 is 0 Å². The summed E-state index contributed by atoms with van der Waals surface area (Å²) < 4.78 is 0. The normalized spacial score (nSPS) is 11.6. The molecule has 19 heavy (non-hydrogen) atoms. The van der Waals surface area contributed by atoms with Gasteiger partial charge < -0.3 is 10.4 Å². The third kappa shape index (κ3) is 5.58. The fraction of sp³-hybridized carbons (Fsp3) is 0.438. The molecule has 0 radical (unpaired) electrons. The Morgan fingerprint density at radius 1 is 1.26 bits per heavy atom. The Morgan fingerprint density at radius 3 is 2.42 bits per heavy atom. The maximum Gasteiger partial charge on any atom is 0.251 e. The molecule has 3 nitrogen and oxygen atoms in total. The van der Waals surface area contributed by atoms with E-state index in [1.54, 1.807) is 24.3 Å². The summed E-state index contributed by atoms with van der Waals surface area (Å²) in [5, 5.41) is 11.6. The lowest BCUT2D eigenvalue weighted by molar-refractivity contribution is 0.0936. The largest absolute Gasteiger partial charge is 0.384 e. The Balaban J connectivity index is 2.62. The predicted molar refractivity (Wildman–Crippen MR) is 76.8 cm³/mol. The fourth-order valence-corrected chi connectivity index (χ4v) is 1.92. The molecule has 0 aliphatic heterocycles. The second kappa shape index (κ2) is 7.60. The van der Waals surface area contributed by atoms with Crippen molar-refractivity contribution in [3.8, 4) is 11.8 Å². The molecule has 3 heteroatoms. The molecule has 0 bridgehead atoms. The zero-order valence-electron chi connectivity index (χ0n) is 11.7. The van der Waals surface area contributed by atoms with Crippen LogP contribution in [0.15, 0.2) is 24.3 Å². The van der Waals surface area contributed by atoms with E-state index in [0.29, 0.717) is 11.5 Å². The van der Waals surface area contributed by atoms with Crippen molar-refractivity contribution in [2.24, 2.45) is 5.92 Å². The van der Waals surface area contributed by atoms with Gasteiger partial charge in [-0.15, -0.1) is 0 Å². The van der Waals surface area contributed by atoms with Crippen LogP contribution in [-0.2, 0) is 0 Å². The molecule has 102 valence electrons. The van der Waals surface area contributed by atoms with E-state index in [-0.39, 0.29) is 18.6 Å². The molecule has 1 amide bonds. The van der Waals surface area contributed by atoms with Gasteiger partial charge in [0.2, 0.25) is 0 Å². The molecule has 1 rings (SSSR count). The number of hydrogen-bond acceptors (Lipinski definition) is 2. The summed E-state index contributed by atoms with van der Waals surface area (Å²) in [4.78, 5) is 12.0. The van der Waals surface area contributed by atoms with Crippen molar-refractivity contribution in [1.82, 2.24) is 5.32 Å². The number of hydrogen-bond donors (Lipinski definition) is 2. The Morgan fingerprint density at radius 2 is 1.89 bits per heavy atom. The number of carbonyl (C=O) groups is 1. The van der Waals surface area contributed by atoms with Crippen molar-refractivity contribution in [3.05, 3.63) is 35.4 Å². The highest BCUT2D eigenvalue weighted by atomic mass is 16.2. The van der Waals surface area contributed by atoms with Crippen molar-refractivity contribution < 1.29 is 9.90 Å². The van der Waals surface area contributed by atoms with E-state index in [1.165, 1.54) is 0 Å². The molecule has 0 aromatic heterocycles. The lowest BCUT2D eigenvalue weighted by Crippen LogP contribution is -2.33. The minimum atomic E-state index is -0.158. The third-order valence-corrected chi connectivity index (χ3v) is 2.66. The third-order valence-electron chi connectivity index (χ3n) is 2.66. The first-order valence-electron chi connectivity index (χ1n) is 6.53. The summed E-state index contributed by atoms with van der Waals surface area (Å²) in [7, 11) is 0. The topological polar surface area (TPSA) is 49.3 Å². The molecule has 1 atom stereocenters. The first kappa shape index (κ1) is 15.3. The zero-order valence-corrected chi connectivity index (χ0v) is 11.7. The van der Waals surface area contributed by atoms with Crippen LogP contribution in [0.4, 0.5) is 0 Å². The quantitative estimate of drug-likeness (QED) is 0.814. The van der Waals surface area contributed by atoms with Gasteiger partial charge in [-0.1, -0.05) is 25.7 Å². The Kier molecular flexibility index (Phi) is 6.11. The summed E-state index contributed by atoms with van der Waals surface area (Å²) >= 11 is 0. The molecule has 1 aromatic carbocycles. The molecule has 0 aliphatic carbocycles. The van der Waals surface area contributed by atoms with Crippen LogP contribution in [0.2, 0.25) is 0 Å². The average Bonchev–Trinajstić information content (AvgIpc) is 2.35. The maximum atomic E-state index is 12.0. The van der Waals surface area contributed by atoms with Crippen molar-refractivity contribution >= 4 is 5.91 Å². The number of amides is 1. The van der Waals surface area contributed by atoms with Gasteiger partial charge >= 0.3 is 0 Å². The van der Waals surface area contributed by atoms with E-state index in [2.05, 4.69) is 31.0 Å². The molecule has 1 unspecified atom stereocenters. The van der Waals surface area contributed by atoms with Gasteiger partial charge in [0.05, 0.1) is 0 Å². The average molecular weight is 259 g/mol. The number of benzene rings is 1. The van der Waals surface area contributed by atoms with Gasteiger partial charge in [0.1, 0.15) is 6.61 Å². The van der Waals surface area contributed by atoms with Gasteiger partial charge in [-0.25, -0.2) is 0 Å². The highest BCUT2D eigenvalue weighted by molar-refractivity contribution is 5.94. The number of aliphatic hydroxyl groups is 1. The number of carbonyl (C=O) groups excluding carboxylic acids is 1. The lowest BCUT2D eigenvalue weighted by Gasteiger charge is -2.15. The monoisotopic (exact) mass is 259 g/mol. The second-order valence-corrected chi connectivity index (χ2v) is 5.04. The summed E-state index contributed by atoms with van der Waals surface area (Å²) in [5.74, 6) is 5.87. The van der Waals surface area contributed by atoms with Crippen molar-refractivity contribution in [1.29, 1.82) is 0 Å². The molecule has 0 heterocycles. The number of nitrogens with one attached hydrogen (secondary N) is 1. The van der Waals surface area contributed by atoms with Crippen LogP contribution < -0.4 is 5.32 Å². The first-order valence-corrected chi connectivity index (χ1v) is 6.53. The van der Waals surface area contributed by atoms with Crippen molar-refractivity contribution in [2.75, 3.05) is 6.61 Å². The van der Waals surface area contributed by atoms with Gasteiger partial charge in [-0.3, -0.25) is 4.79 Å². The molecular weight excluding hydrogens is 238 g/mol. The summed E-state index contributed by atoms with van der Waals surface area (Å²) in [6, 6.07) is 7.23. The van der Waals surface area contributed by atoms with E-state index in [1.807, 2.05) is 6.92 Å². The van der Waals surface area contributed by atoms with Gasteiger partial charge in [-0.05, 0) is 43.5 Å². The highest BCUT2D eigenvalue weighted by Crippen LogP contribution is 2.07. The zero-order chi connectivity index (χ0) is 14.3. The number of rotatable bonds is 4. The van der Waals surface area contributed by atoms with Crippen LogP contribution in [-0.4, -0.2) is 23.7 Å². The van der Waals surface area contributed by atoms with Gasteiger partial charge in [0.25, 0.3) is 5.91 Å². The predicted octanol–water partition coefficient (Wildman–Crippen LogP) is 2.19. The van der Waals surface area contributed by atoms with Crippen LogP contribution in [0.1, 0.15) is 43.1 Å². The molecule has 0 saturated carbocycles. The van der Waals surface area contributed by atoms with Crippen LogP contribution in [0, 0.1) is 17.8 Å². The lowest BCUT2D eigenvalue weighted by atomic mass is 10.0. The highest BCUT2D eigenvalue weighted by Gasteiger charge is 2.10. The summed E-state index contributed by atoms with van der Waals surface area (Å²) in [6.45, 7) is 6.13. The molecule has 0 aliphatic rings. The smallest absolute Gasteiger partial charge is 0.251 e. The van der Waals surface area contributed by atoms with E-state index >= 15 is 0 Å². The molecule has 2 N–H and O–H groups in total. The van der Waals surface area contributed by atoms with Crippen LogP contribution in [0.3, 0.4) is 0 Å². The van der Waals surface area contributed by atoms with Gasteiger partial charge in [0.15, 0.2) is 0 Å². The maximum absolute atomic E-state index is 12.0. The Hall–Kier alpha value is -1.79. The molecule has 0 fully saturated rings. The van der Waals surface area contributed by atoms with Crippen LogP contribution in [0.25, 0.3) is 0 Å². The Bertz CT molecular complexity index is 466. The first-order chi connectivity index (χ1) is 9.02. The minimum absolute atomic E-state index is 0.0604. The van der Waals surface area contributed by atoms with E-state index in [9.17, 15) is 4.79 Å². The fourth-order valence-electron chi connectivity index (χ4n) is 1.92. The molecular formula is C16H21NO2. The SMILES string of the molecule is CC(C)CC(C)NC(=O)c1ccc(C#CCO)cc1. The van der Waals surface area contributed by atoms with E-state index in [0.717, 1.165) is 12.0 Å². The van der Waals surface area contributed by atoms with Crippen molar-refractivity contribution in [3.63, 3.8) is 0 Å². The van der Waals surface area contributed by atoms with Gasteiger partial charge in [0, 0.05) is 17.2 Å². The summed E-state index contributed by atoms with van der Waals surface area (Å²) in [6.07, 6.45) is 0.964.